The third-order valence-electron chi connectivity index (χ3n) is 10.1. The van der Waals surface area contributed by atoms with Crippen LogP contribution in [0.25, 0.3) is 0 Å². The van der Waals surface area contributed by atoms with E-state index < -0.39 is 59.4 Å². The van der Waals surface area contributed by atoms with E-state index >= 15 is 0 Å². The van der Waals surface area contributed by atoms with Crippen molar-refractivity contribution in [1.82, 2.24) is 9.80 Å². The number of para-hydroxylation sites is 2. The second-order valence-electron chi connectivity index (χ2n) is 14.6. The van der Waals surface area contributed by atoms with E-state index in [4.69, 9.17) is 20.9 Å². The summed E-state index contributed by atoms with van der Waals surface area (Å²) in [6.07, 6.45) is 3.91. The molecule has 13 heteroatoms. The van der Waals surface area contributed by atoms with Gasteiger partial charge in [-0.15, -0.1) is 0 Å². The van der Waals surface area contributed by atoms with E-state index in [9.17, 15) is 34.2 Å². The molecule has 1 saturated carbocycles. The van der Waals surface area contributed by atoms with Crippen molar-refractivity contribution in [3.05, 3.63) is 120 Å². The zero-order valence-electron chi connectivity index (χ0n) is 33.9. The topological polar surface area (TPSA) is 203 Å². The largest absolute Gasteiger partial charge is 0.481 e. The summed E-state index contributed by atoms with van der Waals surface area (Å²) >= 11 is 0. The first-order valence-corrected chi connectivity index (χ1v) is 20.1. The molecule has 0 heterocycles. The van der Waals surface area contributed by atoms with Gasteiger partial charge in [0.2, 0.25) is 17.7 Å². The molecule has 5 rings (SSSR count). The minimum Gasteiger partial charge on any atom is -0.481 e. The van der Waals surface area contributed by atoms with Gasteiger partial charge >= 0.3 is 11.9 Å². The van der Waals surface area contributed by atoms with Crippen molar-refractivity contribution in [3.8, 4) is 23.0 Å². The van der Waals surface area contributed by atoms with Gasteiger partial charge in [-0.05, 0) is 78.9 Å². The lowest BCUT2D eigenvalue weighted by Gasteiger charge is -2.48. The molecule has 1 fully saturated rings. The Balaban J connectivity index is 0.000000764. The van der Waals surface area contributed by atoms with E-state index in [-0.39, 0.29) is 13.1 Å². The Morgan fingerprint density at radius 3 is 1.22 bits per heavy atom. The Bertz CT molecular complexity index is 1830. The van der Waals surface area contributed by atoms with Crippen molar-refractivity contribution >= 4 is 29.7 Å². The predicted octanol–water partition coefficient (Wildman–Crippen LogP) is 7.09. The highest BCUT2D eigenvalue weighted by molar-refractivity contribution is 5.99. The van der Waals surface area contributed by atoms with Gasteiger partial charge < -0.3 is 41.0 Å². The first kappa shape index (κ1) is 45.5. The minimum absolute atomic E-state index is 0.163. The standard InChI is InChI=1S/C40H42N2O8.C6H14N2O/c1-3-23-41(25-27-15-19-31(20-16-27)49-29-11-7-5-8-12-29)37(43)33-34(36(40(47)48)35(33)39(45)46)38(44)42(24-4-2)26-28-17-21-32(22-18-28)50-30-13-9-6-10-14-30;1-2-3-4-5(7)6(8)9/h5-22,33-36H,3-4,23-26H2,1-2H3,(H,45,46)(H,47,48);5H,2-4,7H2,1H3,(H2,8,9)/t33-,34-,35-,36-;5-/m10/s1. The number of primary amides is 1. The number of hydrogen-bond acceptors (Lipinski definition) is 8. The molecule has 4 aromatic carbocycles. The highest BCUT2D eigenvalue weighted by Gasteiger charge is 2.64. The zero-order chi connectivity index (χ0) is 42.9. The first-order chi connectivity index (χ1) is 28.4. The van der Waals surface area contributed by atoms with Crippen LogP contribution in [0.15, 0.2) is 109 Å². The van der Waals surface area contributed by atoms with Crippen LogP contribution in [0.4, 0.5) is 0 Å². The maximum atomic E-state index is 14.2. The molecule has 59 heavy (non-hydrogen) atoms. The number of ether oxygens (including phenoxy) is 2. The second kappa shape index (κ2) is 22.7. The lowest BCUT2D eigenvalue weighted by atomic mass is 9.55. The molecule has 0 unspecified atom stereocenters. The summed E-state index contributed by atoms with van der Waals surface area (Å²) in [6, 6.07) is 32.7. The quantitative estimate of drug-likeness (QED) is 0.0714. The van der Waals surface area contributed by atoms with Crippen molar-refractivity contribution in [2.45, 2.75) is 72.0 Å². The molecule has 1 aliphatic rings. The molecule has 0 bridgehead atoms. The number of benzene rings is 4. The first-order valence-electron chi connectivity index (χ1n) is 20.1. The van der Waals surface area contributed by atoms with Gasteiger partial charge in [-0.3, -0.25) is 24.0 Å². The van der Waals surface area contributed by atoms with Gasteiger partial charge in [0.1, 0.15) is 23.0 Å². The molecule has 0 radical (unpaired) electrons. The third-order valence-corrected chi connectivity index (χ3v) is 10.1. The number of nitrogens with zero attached hydrogens (tertiary/aromatic N) is 2. The SMILES string of the molecule is CCCC[C@H](N)C(N)=O.CCCN(Cc1ccc(Oc2ccccc2)cc1)C(=O)[C@H]1[C@@H](C(=O)O)[C@H](C(=O)O)[C@@H]1C(=O)N(CCC)Cc1ccc(Oc2ccccc2)cc1. The summed E-state index contributed by atoms with van der Waals surface area (Å²) in [6.45, 7) is 6.78. The minimum atomic E-state index is -1.53. The summed E-state index contributed by atoms with van der Waals surface area (Å²) < 4.78 is 11.8. The molecule has 3 amide bonds. The molecule has 0 spiro atoms. The number of carbonyl (C=O) groups is 5. The molecule has 5 atom stereocenters. The number of amides is 3. The van der Waals surface area contributed by atoms with Crippen molar-refractivity contribution in [2.24, 2.45) is 35.1 Å². The fraction of sp³-hybridized carbons (Fsp3) is 0.370. The summed E-state index contributed by atoms with van der Waals surface area (Å²) in [5.74, 6) is -7.43. The summed E-state index contributed by atoms with van der Waals surface area (Å²) in [5.41, 5.74) is 11.8. The smallest absolute Gasteiger partial charge is 0.308 e. The van der Waals surface area contributed by atoms with Crippen molar-refractivity contribution < 1.29 is 43.7 Å². The lowest BCUT2D eigenvalue weighted by molar-refractivity contribution is -0.187. The van der Waals surface area contributed by atoms with Crippen LogP contribution in [0.5, 0.6) is 23.0 Å². The fourth-order valence-corrected chi connectivity index (χ4v) is 7.05. The van der Waals surface area contributed by atoms with E-state index in [2.05, 4.69) is 0 Å². The Morgan fingerprint density at radius 1 is 0.559 bits per heavy atom. The third kappa shape index (κ3) is 12.9. The Labute approximate surface area is 345 Å². The van der Waals surface area contributed by atoms with E-state index in [1.54, 1.807) is 24.3 Å². The van der Waals surface area contributed by atoms with Crippen LogP contribution in [-0.2, 0) is 37.1 Å². The second-order valence-corrected chi connectivity index (χ2v) is 14.6. The monoisotopic (exact) mass is 808 g/mol. The number of rotatable bonds is 20. The van der Waals surface area contributed by atoms with Crippen molar-refractivity contribution in [2.75, 3.05) is 13.1 Å². The Kier molecular flexibility index (Phi) is 17.5. The molecular weight excluding hydrogens is 753 g/mol. The molecule has 13 nitrogen and oxygen atoms in total. The number of carboxylic acids is 2. The maximum Gasteiger partial charge on any atom is 0.308 e. The molecule has 6 N–H and O–H groups in total. The molecular formula is C46H56N4O9. The van der Waals surface area contributed by atoms with Crippen molar-refractivity contribution in [3.63, 3.8) is 0 Å². The summed E-state index contributed by atoms with van der Waals surface area (Å²) in [7, 11) is 0. The number of nitrogens with two attached hydrogens (primary N) is 2. The predicted molar refractivity (Wildman–Crippen MR) is 223 cm³/mol. The van der Waals surface area contributed by atoms with Gasteiger partial charge in [0.15, 0.2) is 0 Å². The van der Waals surface area contributed by atoms with Crippen molar-refractivity contribution in [1.29, 1.82) is 0 Å². The highest BCUT2D eigenvalue weighted by Crippen LogP contribution is 2.49. The highest BCUT2D eigenvalue weighted by atomic mass is 16.5. The Morgan fingerprint density at radius 2 is 0.915 bits per heavy atom. The van der Waals surface area contributed by atoms with E-state index in [1.165, 1.54) is 9.80 Å². The lowest BCUT2D eigenvalue weighted by Crippen LogP contribution is -2.64. The number of unbranched alkanes of at least 4 members (excludes halogenated alkanes) is 1. The molecule has 0 saturated heterocycles. The van der Waals surface area contributed by atoms with E-state index in [1.807, 2.05) is 106 Å². The van der Waals surface area contributed by atoms with E-state index in [0.29, 0.717) is 55.4 Å². The maximum absolute atomic E-state index is 14.2. The van der Waals surface area contributed by atoms with Crippen LogP contribution in [0, 0.1) is 23.7 Å². The molecule has 0 aromatic heterocycles. The molecule has 1 aliphatic carbocycles. The van der Waals surface area contributed by atoms with Crippen LogP contribution >= 0.6 is 0 Å². The van der Waals surface area contributed by atoms with Gasteiger partial charge in [-0.1, -0.05) is 94.3 Å². The normalized spacial score (nSPS) is 17.2. The summed E-state index contributed by atoms with van der Waals surface area (Å²) in [5, 5.41) is 20.3. The number of aliphatic carboxylic acids is 2. The zero-order valence-corrected chi connectivity index (χ0v) is 33.9. The number of hydrogen-bond donors (Lipinski definition) is 4. The number of carbonyl (C=O) groups excluding carboxylic acids is 3. The molecule has 314 valence electrons. The van der Waals surface area contributed by atoms with Crippen LogP contribution in [0.2, 0.25) is 0 Å². The van der Waals surface area contributed by atoms with E-state index in [0.717, 1.165) is 24.0 Å². The van der Waals surface area contributed by atoms with Gasteiger partial charge in [0.05, 0.1) is 29.7 Å². The van der Waals surface area contributed by atoms with Gasteiger partial charge in [-0.2, -0.15) is 0 Å². The molecule has 0 aliphatic heterocycles. The molecule has 4 aromatic rings. The van der Waals surface area contributed by atoms with Gasteiger partial charge in [0, 0.05) is 26.2 Å². The average Bonchev–Trinajstić information content (AvgIpc) is 3.21. The van der Waals surface area contributed by atoms with Crippen LogP contribution in [0.1, 0.15) is 64.0 Å². The van der Waals surface area contributed by atoms with Gasteiger partial charge in [-0.25, -0.2) is 0 Å². The fourth-order valence-electron chi connectivity index (χ4n) is 7.05. The average molecular weight is 809 g/mol. The Hall–Kier alpha value is -6.21. The van der Waals surface area contributed by atoms with Crippen LogP contribution < -0.4 is 20.9 Å². The number of carboxylic acid groups (broad SMARTS) is 2. The van der Waals surface area contributed by atoms with Crippen LogP contribution in [-0.4, -0.2) is 68.8 Å². The van der Waals surface area contributed by atoms with Crippen LogP contribution in [0.3, 0.4) is 0 Å². The summed E-state index contributed by atoms with van der Waals surface area (Å²) in [4.78, 5) is 66.7. The van der Waals surface area contributed by atoms with Gasteiger partial charge in [0.25, 0.3) is 0 Å².